The Balaban J connectivity index is 0.00000385. The van der Waals surface area contributed by atoms with Gasteiger partial charge in [-0.2, -0.15) is 0 Å². The Kier molecular flexibility index (Phi) is 11.9. The van der Waals surface area contributed by atoms with E-state index in [2.05, 4.69) is 47.7 Å². The van der Waals surface area contributed by atoms with E-state index in [0.717, 1.165) is 82.3 Å². The van der Waals surface area contributed by atoms with Crippen molar-refractivity contribution in [1.82, 2.24) is 15.5 Å². The summed E-state index contributed by atoms with van der Waals surface area (Å²) in [7, 11) is 0. The molecule has 1 aromatic carbocycles. The maximum Gasteiger partial charge on any atom is 0.227 e. The van der Waals surface area contributed by atoms with Crippen molar-refractivity contribution in [3.8, 4) is 0 Å². The van der Waals surface area contributed by atoms with Crippen molar-refractivity contribution in [2.75, 3.05) is 44.7 Å². The zero-order valence-corrected chi connectivity index (χ0v) is 22.8. The number of morpholine rings is 1. The fraction of sp³-hybridized carbons (Fsp3) is 0.680. The lowest BCUT2D eigenvalue weighted by Crippen LogP contribution is -2.56. The van der Waals surface area contributed by atoms with Crippen LogP contribution in [0.1, 0.15) is 58.4 Å². The molecule has 1 amide bonds. The van der Waals surface area contributed by atoms with E-state index in [1.165, 1.54) is 6.42 Å². The van der Waals surface area contributed by atoms with Crippen molar-refractivity contribution in [1.29, 1.82) is 0 Å². The number of anilines is 1. The molecule has 1 heterocycles. The van der Waals surface area contributed by atoms with Gasteiger partial charge in [0, 0.05) is 43.3 Å². The summed E-state index contributed by atoms with van der Waals surface area (Å²) in [5, 5.41) is 9.96. The average molecular weight is 572 g/mol. The number of benzene rings is 1. The summed E-state index contributed by atoms with van der Waals surface area (Å²) in [6.45, 7) is 12.3. The lowest BCUT2D eigenvalue weighted by Gasteiger charge is -2.41. The first-order chi connectivity index (χ1) is 15.5. The van der Waals surface area contributed by atoms with E-state index in [9.17, 15) is 4.79 Å². The van der Waals surface area contributed by atoms with E-state index in [-0.39, 0.29) is 41.3 Å². The zero-order valence-electron chi connectivity index (χ0n) is 20.5. The number of ether oxygens (including phenoxy) is 1. The molecule has 3 N–H and O–H groups in total. The Morgan fingerprint density at radius 3 is 2.58 bits per heavy atom. The second-order valence-electron chi connectivity index (χ2n) is 9.49. The molecule has 0 unspecified atom stereocenters. The smallest absolute Gasteiger partial charge is 0.227 e. The molecule has 1 saturated carbocycles. The Bertz CT molecular complexity index is 759. The van der Waals surface area contributed by atoms with Gasteiger partial charge in [0.25, 0.3) is 0 Å². The van der Waals surface area contributed by atoms with Crippen molar-refractivity contribution < 1.29 is 9.53 Å². The summed E-state index contributed by atoms with van der Waals surface area (Å²) < 4.78 is 5.49. The Morgan fingerprint density at radius 2 is 1.88 bits per heavy atom. The number of aliphatic imine (C=N–C) groups is 1. The third kappa shape index (κ3) is 9.05. The van der Waals surface area contributed by atoms with Crippen molar-refractivity contribution in [2.45, 2.75) is 65.0 Å². The van der Waals surface area contributed by atoms with Crippen LogP contribution in [0, 0.1) is 5.92 Å². The molecule has 0 radical (unpaired) electrons. The van der Waals surface area contributed by atoms with Crippen LogP contribution in [0.15, 0.2) is 29.3 Å². The van der Waals surface area contributed by atoms with Crippen LogP contribution in [-0.2, 0) is 16.1 Å². The molecule has 186 valence electrons. The number of carbonyl (C=O) groups is 1. The van der Waals surface area contributed by atoms with Crippen LogP contribution in [-0.4, -0.2) is 61.7 Å². The highest BCUT2D eigenvalue weighted by Gasteiger charge is 2.28. The second kappa shape index (κ2) is 14.1. The van der Waals surface area contributed by atoms with Gasteiger partial charge < -0.3 is 20.7 Å². The number of amides is 1. The highest BCUT2D eigenvalue weighted by molar-refractivity contribution is 14.0. The average Bonchev–Trinajstić information content (AvgIpc) is 2.82. The summed E-state index contributed by atoms with van der Waals surface area (Å²) in [5.41, 5.74) is 1.96. The molecule has 0 atom stereocenters. The van der Waals surface area contributed by atoms with Crippen molar-refractivity contribution in [2.24, 2.45) is 10.9 Å². The molecule has 8 heteroatoms. The topological polar surface area (TPSA) is 78.0 Å². The Labute approximate surface area is 216 Å². The largest absolute Gasteiger partial charge is 0.379 e. The van der Waals surface area contributed by atoms with Gasteiger partial charge in [-0.1, -0.05) is 31.4 Å². The lowest BCUT2D eigenvalue weighted by molar-refractivity contribution is -0.120. The van der Waals surface area contributed by atoms with Gasteiger partial charge >= 0.3 is 0 Å². The van der Waals surface area contributed by atoms with E-state index < -0.39 is 0 Å². The minimum Gasteiger partial charge on any atom is -0.379 e. The number of hydrogen-bond acceptors (Lipinski definition) is 4. The fourth-order valence-electron chi connectivity index (χ4n) is 4.45. The molecule has 1 saturated heterocycles. The van der Waals surface area contributed by atoms with Crippen molar-refractivity contribution >= 4 is 41.5 Å². The predicted octanol–water partition coefficient (Wildman–Crippen LogP) is 3.99. The van der Waals surface area contributed by atoms with Gasteiger partial charge in [0.15, 0.2) is 5.96 Å². The van der Waals surface area contributed by atoms with Crippen LogP contribution in [0.5, 0.6) is 0 Å². The second-order valence-corrected chi connectivity index (χ2v) is 9.49. The SMILES string of the molecule is CCNC(=NCc1cccc(NC(=O)C2CCCCC2)c1)NCC(C)(C)N1CCOCC1.I. The van der Waals surface area contributed by atoms with E-state index in [4.69, 9.17) is 9.73 Å². The number of halogens is 1. The van der Waals surface area contributed by atoms with Crippen molar-refractivity contribution in [3.63, 3.8) is 0 Å². The van der Waals surface area contributed by atoms with Crippen LogP contribution < -0.4 is 16.0 Å². The quantitative estimate of drug-likeness (QED) is 0.250. The number of nitrogens with zero attached hydrogens (tertiary/aromatic N) is 2. The predicted molar refractivity (Wildman–Crippen MR) is 146 cm³/mol. The molecule has 1 aliphatic heterocycles. The third-order valence-corrected chi connectivity index (χ3v) is 6.49. The van der Waals surface area contributed by atoms with Gasteiger partial charge in [0.2, 0.25) is 5.91 Å². The van der Waals surface area contributed by atoms with Gasteiger partial charge in [0.1, 0.15) is 0 Å². The van der Waals surface area contributed by atoms with Crippen LogP contribution in [0.4, 0.5) is 5.69 Å². The van der Waals surface area contributed by atoms with Crippen LogP contribution in [0.3, 0.4) is 0 Å². The number of carbonyl (C=O) groups excluding carboxylic acids is 1. The monoisotopic (exact) mass is 571 g/mol. The number of guanidine groups is 1. The molecular formula is C25H42IN5O2. The van der Waals surface area contributed by atoms with E-state index >= 15 is 0 Å². The minimum absolute atomic E-state index is 0. The number of rotatable bonds is 8. The maximum atomic E-state index is 12.6. The van der Waals surface area contributed by atoms with E-state index in [0.29, 0.717) is 6.54 Å². The minimum atomic E-state index is 0. The van der Waals surface area contributed by atoms with E-state index in [1.54, 1.807) is 0 Å². The Hall–Kier alpha value is -1.39. The van der Waals surface area contributed by atoms with Crippen LogP contribution in [0.2, 0.25) is 0 Å². The van der Waals surface area contributed by atoms with Gasteiger partial charge in [-0.3, -0.25) is 9.69 Å². The summed E-state index contributed by atoms with van der Waals surface area (Å²) in [5.74, 6) is 1.13. The van der Waals surface area contributed by atoms with Gasteiger partial charge in [0.05, 0.1) is 19.8 Å². The first-order valence-corrected chi connectivity index (χ1v) is 12.2. The zero-order chi connectivity index (χ0) is 22.8. The molecule has 1 aromatic rings. The number of nitrogens with one attached hydrogen (secondary N) is 3. The Morgan fingerprint density at radius 1 is 1.15 bits per heavy atom. The van der Waals surface area contributed by atoms with Gasteiger partial charge in [-0.25, -0.2) is 4.99 Å². The normalized spacial score (nSPS) is 18.3. The first kappa shape index (κ1) is 27.9. The van der Waals surface area contributed by atoms with Crippen molar-refractivity contribution in [3.05, 3.63) is 29.8 Å². The lowest BCUT2D eigenvalue weighted by atomic mass is 9.88. The molecule has 33 heavy (non-hydrogen) atoms. The maximum absolute atomic E-state index is 12.6. The van der Waals surface area contributed by atoms with E-state index in [1.807, 2.05) is 18.2 Å². The molecule has 0 spiro atoms. The first-order valence-electron chi connectivity index (χ1n) is 12.2. The molecule has 2 aliphatic rings. The molecule has 3 rings (SSSR count). The molecule has 0 aromatic heterocycles. The van der Waals surface area contributed by atoms with Crippen LogP contribution in [0.25, 0.3) is 0 Å². The molecule has 1 aliphatic carbocycles. The molecule has 0 bridgehead atoms. The summed E-state index contributed by atoms with van der Waals surface area (Å²) in [6.07, 6.45) is 5.59. The molecule has 7 nitrogen and oxygen atoms in total. The summed E-state index contributed by atoms with van der Waals surface area (Å²) >= 11 is 0. The molecular weight excluding hydrogens is 529 g/mol. The molecule has 2 fully saturated rings. The fourth-order valence-corrected chi connectivity index (χ4v) is 4.45. The van der Waals surface area contributed by atoms with Gasteiger partial charge in [-0.05, 0) is 51.3 Å². The highest BCUT2D eigenvalue weighted by Crippen LogP contribution is 2.25. The standard InChI is InChI=1S/C25H41N5O2.HI/c1-4-26-24(28-19-25(2,3)30-13-15-32-16-14-30)27-18-20-9-8-12-22(17-20)29-23(31)21-10-6-5-7-11-21;/h8-9,12,17,21H,4-7,10-11,13-16,18-19H2,1-3H3,(H,29,31)(H2,26,27,28);1H. The summed E-state index contributed by atoms with van der Waals surface area (Å²) in [6, 6.07) is 8.04. The number of hydrogen-bond donors (Lipinski definition) is 3. The summed E-state index contributed by atoms with van der Waals surface area (Å²) in [4.78, 5) is 19.8. The highest BCUT2D eigenvalue weighted by atomic mass is 127. The van der Waals surface area contributed by atoms with Crippen LogP contribution >= 0.6 is 24.0 Å². The van der Waals surface area contributed by atoms with Gasteiger partial charge in [-0.15, -0.1) is 24.0 Å². The third-order valence-electron chi connectivity index (χ3n) is 6.49.